The molecule has 7 nitrogen and oxygen atoms in total. The van der Waals surface area contributed by atoms with Crippen LogP contribution in [0, 0.1) is 40.9 Å². The number of rotatable bonds is 6. The molecule has 4 saturated carbocycles. The van der Waals surface area contributed by atoms with E-state index in [1.165, 1.54) is 12.8 Å². The zero-order valence-electron chi connectivity index (χ0n) is 24.0. The molecule has 2 bridgehead atoms. The molecule has 1 aliphatic heterocycles. The fourth-order valence-electron chi connectivity index (χ4n) is 7.86. The molecule has 4 aliphatic carbocycles. The lowest BCUT2D eigenvalue weighted by Gasteiger charge is -2.62. The second-order valence-corrected chi connectivity index (χ2v) is 13.4. The van der Waals surface area contributed by atoms with Crippen LogP contribution in [0.3, 0.4) is 0 Å². The third-order valence-electron chi connectivity index (χ3n) is 10.6. The standard InChI is InChI=1S/C32H47N3O4/c1-20-25-16-24(31(25,3)4)17-26(20)34-30(38)29-28(21(2)37)27(19-36)39-35(29)18-23-10-8-22(9-11-23)12-15-32(33)13-6-5-7-14-32/h8-11,20-21,24-29,36-37H,5-7,13-14,16-19,33H2,1-4H3,(H,34,38)/t20-,21-,24+,25-,26-,27-,28+,29-/m0/s1. The summed E-state index contributed by atoms with van der Waals surface area (Å²) < 4.78 is 0. The van der Waals surface area contributed by atoms with Crippen LogP contribution in [0.15, 0.2) is 24.3 Å². The maximum absolute atomic E-state index is 13.8. The minimum Gasteiger partial charge on any atom is -0.394 e. The average molecular weight is 538 g/mol. The first-order valence-corrected chi connectivity index (χ1v) is 15.0. The highest BCUT2D eigenvalue weighted by atomic mass is 16.7. The van der Waals surface area contributed by atoms with Gasteiger partial charge in [0.05, 0.1) is 24.8 Å². The van der Waals surface area contributed by atoms with Crippen molar-refractivity contribution in [3.05, 3.63) is 35.4 Å². The molecule has 1 aromatic rings. The second kappa shape index (κ2) is 11.1. The molecule has 7 heteroatoms. The van der Waals surface area contributed by atoms with Gasteiger partial charge in [0, 0.05) is 17.5 Å². The summed E-state index contributed by atoms with van der Waals surface area (Å²) in [6.45, 7) is 8.73. The van der Waals surface area contributed by atoms with E-state index in [0.29, 0.717) is 29.7 Å². The molecule has 0 unspecified atom stereocenters. The number of benzene rings is 1. The molecule has 0 aromatic heterocycles. The number of aliphatic hydroxyl groups is 2. The fourth-order valence-corrected chi connectivity index (χ4v) is 7.86. The van der Waals surface area contributed by atoms with Gasteiger partial charge in [-0.3, -0.25) is 9.63 Å². The Kier molecular flexibility index (Phi) is 8.16. The molecule has 6 rings (SSSR count). The Labute approximate surface area is 233 Å². The lowest BCUT2D eigenvalue weighted by molar-refractivity contribution is -0.183. The Hall–Kier alpha value is -1.95. The van der Waals surface area contributed by atoms with Crippen LogP contribution >= 0.6 is 0 Å². The van der Waals surface area contributed by atoms with Gasteiger partial charge in [0.1, 0.15) is 12.1 Å². The Morgan fingerprint density at radius 2 is 1.90 bits per heavy atom. The number of hydrogen-bond donors (Lipinski definition) is 4. The number of hydrogen-bond acceptors (Lipinski definition) is 6. The maximum Gasteiger partial charge on any atom is 0.240 e. The highest BCUT2D eigenvalue weighted by Gasteiger charge is 2.57. The molecule has 1 aromatic carbocycles. The summed E-state index contributed by atoms with van der Waals surface area (Å²) in [7, 11) is 0. The minimum absolute atomic E-state index is 0.117. The van der Waals surface area contributed by atoms with E-state index in [4.69, 9.17) is 10.6 Å². The van der Waals surface area contributed by atoms with E-state index in [2.05, 4.69) is 37.9 Å². The van der Waals surface area contributed by atoms with Crippen LogP contribution in [0.25, 0.3) is 0 Å². The van der Waals surface area contributed by atoms with E-state index in [0.717, 1.165) is 43.2 Å². The summed E-state index contributed by atoms with van der Waals surface area (Å²) in [5, 5.41) is 25.7. The summed E-state index contributed by atoms with van der Waals surface area (Å²) in [6, 6.07) is 7.37. The average Bonchev–Trinajstić information content (AvgIpc) is 3.28. The van der Waals surface area contributed by atoms with Gasteiger partial charge in [0.25, 0.3) is 0 Å². The Bertz CT molecular complexity index is 1080. The van der Waals surface area contributed by atoms with Crippen molar-refractivity contribution in [2.75, 3.05) is 6.61 Å². The monoisotopic (exact) mass is 537 g/mol. The number of fused-ring (bicyclic) bond motifs is 2. The van der Waals surface area contributed by atoms with E-state index in [1.807, 2.05) is 24.3 Å². The number of carbonyl (C=O) groups is 1. The molecule has 39 heavy (non-hydrogen) atoms. The number of nitrogens with zero attached hydrogens (tertiary/aromatic N) is 1. The van der Waals surface area contributed by atoms with Crippen LogP contribution in [0.4, 0.5) is 0 Å². The van der Waals surface area contributed by atoms with Crippen LogP contribution in [0.5, 0.6) is 0 Å². The van der Waals surface area contributed by atoms with Crippen molar-refractivity contribution in [1.29, 1.82) is 0 Å². The molecular weight excluding hydrogens is 490 g/mol. The molecule has 5 N–H and O–H groups in total. The van der Waals surface area contributed by atoms with Crippen LogP contribution in [0.1, 0.15) is 83.8 Å². The van der Waals surface area contributed by atoms with Gasteiger partial charge in [-0.05, 0) is 73.5 Å². The number of carbonyl (C=O) groups excluding carboxylic acids is 1. The number of amides is 1. The highest BCUT2D eigenvalue weighted by Crippen LogP contribution is 2.61. The minimum atomic E-state index is -0.806. The molecule has 8 atom stereocenters. The molecule has 0 spiro atoms. The predicted octanol–water partition coefficient (Wildman–Crippen LogP) is 3.36. The van der Waals surface area contributed by atoms with Crippen molar-refractivity contribution < 1.29 is 19.8 Å². The Morgan fingerprint density at radius 1 is 1.21 bits per heavy atom. The Morgan fingerprint density at radius 3 is 2.49 bits per heavy atom. The van der Waals surface area contributed by atoms with Gasteiger partial charge in [-0.15, -0.1) is 0 Å². The first kappa shape index (κ1) is 28.6. The van der Waals surface area contributed by atoms with Gasteiger partial charge in [-0.1, -0.05) is 64.0 Å². The molecule has 1 heterocycles. The van der Waals surface area contributed by atoms with E-state index in [9.17, 15) is 15.0 Å². The lowest BCUT2D eigenvalue weighted by atomic mass is 9.45. The van der Waals surface area contributed by atoms with Crippen molar-refractivity contribution in [2.24, 2.45) is 34.8 Å². The van der Waals surface area contributed by atoms with Gasteiger partial charge in [0.2, 0.25) is 5.91 Å². The van der Waals surface area contributed by atoms with E-state index < -0.39 is 24.2 Å². The third kappa shape index (κ3) is 5.64. The summed E-state index contributed by atoms with van der Waals surface area (Å²) in [4.78, 5) is 19.9. The third-order valence-corrected chi connectivity index (χ3v) is 10.6. The molecular formula is C32H47N3O4. The van der Waals surface area contributed by atoms with Gasteiger partial charge in [-0.25, -0.2) is 0 Å². The van der Waals surface area contributed by atoms with Crippen LogP contribution < -0.4 is 11.1 Å². The molecule has 5 fully saturated rings. The Balaban J connectivity index is 1.29. The topological polar surface area (TPSA) is 108 Å². The van der Waals surface area contributed by atoms with Crippen LogP contribution in [-0.2, 0) is 16.2 Å². The van der Waals surface area contributed by atoms with Crippen molar-refractivity contribution in [2.45, 2.75) is 109 Å². The molecule has 214 valence electrons. The SMILES string of the molecule is C[C@@H]1[C@@H](NC(=O)[C@@H]2[C@H]([C@H](C)O)[C@H](CO)ON2Cc2ccc(C#CC3(N)CCCCC3)cc2)C[C@H]2C[C@@H]1C2(C)C. The predicted molar refractivity (Wildman–Crippen MR) is 151 cm³/mol. The largest absolute Gasteiger partial charge is 0.394 e. The van der Waals surface area contributed by atoms with Gasteiger partial charge in [-0.2, -0.15) is 5.06 Å². The summed E-state index contributed by atoms with van der Waals surface area (Å²) in [5.41, 5.74) is 8.31. The van der Waals surface area contributed by atoms with Gasteiger partial charge < -0.3 is 21.3 Å². The van der Waals surface area contributed by atoms with E-state index in [-0.39, 0.29) is 24.1 Å². The lowest BCUT2D eigenvalue weighted by Crippen LogP contribution is -2.62. The molecule has 1 amide bonds. The fraction of sp³-hybridized carbons (Fsp3) is 0.719. The van der Waals surface area contributed by atoms with Gasteiger partial charge >= 0.3 is 0 Å². The maximum atomic E-state index is 13.8. The second-order valence-electron chi connectivity index (χ2n) is 13.4. The summed E-state index contributed by atoms with van der Waals surface area (Å²) in [5.74, 6) is 7.54. The molecule has 0 radical (unpaired) electrons. The van der Waals surface area contributed by atoms with E-state index in [1.54, 1.807) is 12.0 Å². The van der Waals surface area contributed by atoms with Crippen molar-refractivity contribution in [3.8, 4) is 11.8 Å². The molecule has 5 aliphatic rings. The highest BCUT2D eigenvalue weighted by molar-refractivity contribution is 5.82. The first-order valence-electron chi connectivity index (χ1n) is 15.0. The number of hydroxylamine groups is 2. The smallest absolute Gasteiger partial charge is 0.240 e. The quantitative estimate of drug-likeness (QED) is 0.415. The number of nitrogens with one attached hydrogen (secondary N) is 1. The zero-order valence-corrected chi connectivity index (χ0v) is 24.0. The molecule has 1 saturated heterocycles. The zero-order chi connectivity index (χ0) is 27.9. The number of nitrogens with two attached hydrogens (primary N) is 1. The van der Waals surface area contributed by atoms with Crippen LogP contribution in [-0.4, -0.2) is 57.6 Å². The van der Waals surface area contributed by atoms with Crippen molar-refractivity contribution in [1.82, 2.24) is 10.4 Å². The van der Waals surface area contributed by atoms with Crippen LogP contribution in [0.2, 0.25) is 0 Å². The first-order chi connectivity index (χ1) is 18.5. The summed E-state index contributed by atoms with van der Waals surface area (Å²) in [6.07, 6.45) is 6.18. The van der Waals surface area contributed by atoms with Gasteiger partial charge in [0.15, 0.2) is 0 Å². The van der Waals surface area contributed by atoms with Crippen molar-refractivity contribution >= 4 is 5.91 Å². The van der Waals surface area contributed by atoms with Crippen molar-refractivity contribution in [3.63, 3.8) is 0 Å². The number of aliphatic hydroxyl groups excluding tert-OH is 2. The summed E-state index contributed by atoms with van der Waals surface area (Å²) >= 11 is 0. The van der Waals surface area contributed by atoms with E-state index >= 15 is 0 Å². The normalized spacial score (nSPS) is 35.8.